The molecule has 5 heteroatoms. The van der Waals surface area contributed by atoms with Crippen molar-refractivity contribution in [2.45, 2.75) is 0 Å². The van der Waals surface area contributed by atoms with Gasteiger partial charge in [0, 0.05) is 11.1 Å². The monoisotopic (exact) mass is 185 g/mol. The number of nitrogen functional groups attached to an aromatic ring is 1. The third kappa shape index (κ3) is 0.756. The van der Waals surface area contributed by atoms with Crippen LogP contribution in [0.25, 0.3) is 11.1 Å². The summed E-state index contributed by atoms with van der Waals surface area (Å²) in [6.45, 7) is 0. The van der Waals surface area contributed by atoms with Crippen LogP contribution in [0.1, 0.15) is 0 Å². The Balaban J connectivity index is 2.61. The van der Waals surface area contributed by atoms with Gasteiger partial charge >= 0.3 is 0 Å². The van der Waals surface area contributed by atoms with E-state index < -0.39 is 0 Å². The van der Waals surface area contributed by atoms with E-state index in [2.05, 4.69) is 15.0 Å². The number of rotatable bonds is 0. The first-order chi connectivity index (χ1) is 6.75. The zero-order valence-electron chi connectivity index (χ0n) is 7.20. The summed E-state index contributed by atoms with van der Waals surface area (Å²) in [7, 11) is 0. The van der Waals surface area contributed by atoms with Gasteiger partial charge in [0.25, 0.3) is 0 Å². The predicted molar refractivity (Wildman–Crippen MR) is 51.9 cm³/mol. The molecule has 3 rings (SSSR count). The van der Waals surface area contributed by atoms with E-state index in [1.807, 2.05) is 18.2 Å². The molecule has 2 aliphatic heterocycles. The predicted octanol–water partition coefficient (Wildman–Crippen LogP) is -0.111. The third-order valence-electron chi connectivity index (χ3n) is 2.27. The minimum Gasteiger partial charge on any atom is -0.385 e. The van der Waals surface area contributed by atoms with Crippen molar-refractivity contribution in [2.24, 2.45) is 9.98 Å². The molecule has 0 amide bonds. The van der Waals surface area contributed by atoms with Gasteiger partial charge < -0.3 is 10.7 Å². The Morgan fingerprint density at radius 3 is 2.86 bits per heavy atom. The molecule has 0 atom stereocenters. The molecule has 14 heavy (non-hydrogen) atoms. The first kappa shape index (κ1) is 7.25. The maximum Gasteiger partial charge on any atom is 0.244 e. The van der Waals surface area contributed by atoms with Crippen molar-refractivity contribution in [3.05, 3.63) is 29.0 Å². The molecule has 0 bridgehead atoms. The van der Waals surface area contributed by atoms with Crippen LogP contribution in [0.2, 0.25) is 0 Å². The van der Waals surface area contributed by atoms with Gasteiger partial charge in [0.15, 0.2) is 5.49 Å². The van der Waals surface area contributed by atoms with Crippen molar-refractivity contribution in [3.8, 4) is 11.1 Å². The Bertz CT molecular complexity index is 621. The van der Waals surface area contributed by atoms with E-state index in [1.54, 1.807) is 0 Å². The molecule has 0 saturated carbocycles. The molecule has 0 saturated heterocycles. The highest BCUT2D eigenvalue weighted by atomic mass is 15.1. The molecule has 0 spiro atoms. The summed E-state index contributed by atoms with van der Waals surface area (Å²) in [5.41, 5.74) is 8.24. The van der Waals surface area contributed by atoms with E-state index in [1.165, 1.54) is 0 Å². The van der Waals surface area contributed by atoms with E-state index in [0.29, 0.717) is 16.7 Å². The second-order valence-electron chi connectivity index (χ2n) is 3.14. The molecule has 2 heterocycles. The zero-order valence-corrected chi connectivity index (χ0v) is 7.20. The van der Waals surface area contributed by atoms with Crippen molar-refractivity contribution in [2.75, 3.05) is 5.73 Å². The maximum atomic E-state index is 7.34. The topological polar surface area (TPSA) is 90.4 Å². The SMILES string of the molecule is N=C1N=c2[nH]c(N)c3cccc-3c2=N1. The van der Waals surface area contributed by atoms with Crippen LogP contribution in [0.3, 0.4) is 0 Å². The lowest BCUT2D eigenvalue weighted by molar-refractivity contribution is 1.16. The first-order valence-corrected chi connectivity index (χ1v) is 4.18. The Morgan fingerprint density at radius 1 is 1.21 bits per heavy atom. The van der Waals surface area contributed by atoms with Crippen LogP contribution in [-0.2, 0) is 0 Å². The Morgan fingerprint density at radius 2 is 2.00 bits per heavy atom. The number of anilines is 1. The smallest absolute Gasteiger partial charge is 0.244 e. The average Bonchev–Trinajstić information content (AvgIpc) is 2.69. The van der Waals surface area contributed by atoms with E-state index in [0.717, 1.165) is 11.1 Å². The van der Waals surface area contributed by atoms with E-state index in [4.69, 9.17) is 11.1 Å². The molecule has 0 aromatic carbocycles. The summed E-state index contributed by atoms with van der Waals surface area (Å²) in [5.74, 6) is 0.585. The van der Waals surface area contributed by atoms with Gasteiger partial charge in [0.05, 0.1) is 0 Å². The van der Waals surface area contributed by atoms with Crippen LogP contribution in [0.4, 0.5) is 5.82 Å². The molecule has 4 N–H and O–H groups in total. The number of hydrogen-bond acceptors (Lipinski definition) is 2. The maximum absolute atomic E-state index is 7.34. The number of nitrogens with one attached hydrogen (secondary N) is 2. The van der Waals surface area contributed by atoms with Crippen molar-refractivity contribution in [1.82, 2.24) is 4.98 Å². The van der Waals surface area contributed by atoms with Crippen LogP contribution >= 0.6 is 0 Å². The van der Waals surface area contributed by atoms with Gasteiger partial charge in [0.1, 0.15) is 11.2 Å². The summed E-state index contributed by atoms with van der Waals surface area (Å²) in [5, 5.41) is 8.05. The third-order valence-corrected chi connectivity index (χ3v) is 2.27. The number of aromatic nitrogens is 1. The van der Waals surface area contributed by atoms with Crippen LogP contribution in [0.15, 0.2) is 28.2 Å². The second kappa shape index (κ2) is 2.20. The molecule has 0 unspecified atom stereocenters. The average molecular weight is 185 g/mol. The lowest BCUT2D eigenvalue weighted by atomic mass is 10.1. The molecule has 3 aliphatic rings. The van der Waals surface area contributed by atoms with Crippen LogP contribution < -0.4 is 16.6 Å². The van der Waals surface area contributed by atoms with Crippen LogP contribution in [0, 0.1) is 5.41 Å². The number of aromatic amines is 1. The minimum absolute atomic E-state index is 0.0179. The number of guanidine groups is 1. The quantitative estimate of drug-likeness (QED) is 0.525. The second-order valence-corrected chi connectivity index (χ2v) is 3.14. The van der Waals surface area contributed by atoms with Crippen LogP contribution in [0.5, 0.6) is 0 Å². The number of hydrogen-bond donors (Lipinski definition) is 3. The molecule has 0 fully saturated rings. The van der Waals surface area contributed by atoms with Crippen molar-refractivity contribution in [3.63, 3.8) is 0 Å². The van der Waals surface area contributed by atoms with Gasteiger partial charge in [0.2, 0.25) is 5.96 Å². The molecular weight excluding hydrogens is 178 g/mol. The highest BCUT2D eigenvalue weighted by Crippen LogP contribution is 2.22. The lowest BCUT2D eigenvalue weighted by Gasteiger charge is -2.01. The molecule has 0 radical (unpaired) electrons. The summed E-state index contributed by atoms with van der Waals surface area (Å²) >= 11 is 0. The highest BCUT2D eigenvalue weighted by molar-refractivity contribution is 5.83. The number of fused-ring (bicyclic) bond motifs is 3. The Kier molecular flexibility index (Phi) is 1.14. The van der Waals surface area contributed by atoms with Crippen molar-refractivity contribution < 1.29 is 0 Å². The Hall–Kier alpha value is -2.17. The van der Waals surface area contributed by atoms with Crippen molar-refractivity contribution in [1.29, 1.82) is 5.41 Å². The van der Waals surface area contributed by atoms with Gasteiger partial charge in [-0.05, 0) is 0 Å². The van der Waals surface area contributed by atoms with Crippen LogP contribution in [-0.4, -0.2) is 10.9 Å². The molecule has 5 nitrogen and oxygen atoms in total. The van der Waals surface area contributed by atoms with E-state index in [-0.39, 0.29) is 5.96 Å². The molecule has 0 aromatic rings. The van der Waals surface area contributed by atoms with Gasteiger partial charge in [-0.15, -0.1) is 0 Å². The fourth-order valence-electron chi connectivity index (χ4n) is 1.67. The van der Waals surface area contributed by atoms with E-state index in [9.17, 15) is 0 Å². The minimum atomic E-state index is 0.0179. The number of pyridine rings is 1. The summed E-state index contributed by atoms with van der Waals surface area (Å²) in [6, 6.07) is 5.75. The fraction of sp³-hybridized carbons (Fsp3) is 0. The number of nitrogens with two attached hydrogens (primary N) is 1. The van der Waals surface area contributed by atoms with Gasteiger partial charge in [-0.25, -0.2) is 4.99 Å². The fourth-order valence-corrected chi connectivity index (χ4v) is 1.67. The normalized spacial score (nSPS) is 13.9. The number of H-pyrrole nitrogens is 1. The zero-order chi connectivity index (χ0) is 9.71. The summed E-state index contributed by atoms with van der Waals surface area (Å²) in [4.78, 5) is 10.9. The van der Waals surface area contributed by atoms with Gasteiger partial charge in [-0.2, -0.15) is 4.99 Å². The summed E-state index contributed by atoms with van der Waals surface area (Å²) in [6.07, 6.45) is 0. The summed E-state index contributed by atoms with van der Waals surface area (Å²) < 4.78 is 0. The molecule has 68 valence electrons. The lowest BCUT2D eigenvalue weighted by Crippen LogP contribution is -2.29. The standard InChI is InChI=1S/C9H7N5/c10-7-5-3-1-2-4(5)6-8(13-7)14-9(11)12-6/h1-3H,(H4,10,11,12,13,14). The highest BCUT2D eigenvalue weighted by Gasteiger charge is 2.14. The number of nitrogens with zero attached hydrogens (tertiary/aromatic N) is 2. The van der Waals surface area contributed by atoms with Gasteiger partial charge in [-0.3, -0.25) is 5.41 Å². The first-order valence-electron chi connectivity index (χ1n) is 4.18. The molecule has 1 aliphatic carbocycles. The van der Waals surface area contributed by atoms with Gasteiger partial charge in [-0.1, -0.05) is 18.2 Å². The molecule has 0 aromatic heterocycles. The molecular formula is C9H7N5. The largest absolute Gasteiger partial charge is 0.385 e. The van der Waals surface area contributed by atoms with Crippen molar-refractivity contribution >= 4 is 11.8 Å². The Labute approximate surface area is 78.9 Å². The van der Waals surface area contributed by atoms with E-state index >= 15 is 0 Å².